The van der Waals surface area contributed by atoms with Gasteiger partial charge in [0.1, 0.15) is 24.1 Å². The van der Waals surface area contributed by atoms with Crippen LogP contribution in [0.4, 0.5) is 10.1 Å². The van der Waals surface area contributed by atoms with Crippen molar-refractivity contribution >= 4 is 22.6 Å². The summed E-state index contributed by atoms with van der Waals surface area (Å²) in [4.78, 5) is 31.7. The maximum absolute atomic E-state index is 13.8. The molecule has 0 bridgehead atoms. The van der Waals surface area contributed by atoms with Gasteiger partial charge in [0.15, 0.2) is 5.65 Å². The van der Waals surface area contributed by atoms with Crippen LogP contribution in [-0.4, -0.2) is 44.5 Å². The molecule has 0 N–H and O–H groups in total. The van der Waals surface area contributed by atoms with Crippen LogP contribution in [0.1, 0.15) is 12.8 Å². The first-order chi connectivity index (χ1) is 13.5. The molecule has 1 amide bonds. The lowest BCUT2D eigenvalue weighted by atomic mass is 10.1. The Balaban J connectivity index is 1.67. The summed E-state index contributed by atoms with van der Waals surface area (Å²) < 4.78 is 21.9. The van der Waals surface area contributed by atoms with Gasteiger partial charge in [-0.3, -0.25) is 18.8 Å². The van der Waals surface area contributed by atoms with E-state index in [1.807, 2.05) is 0 Å². The van der Waals surface area contributed by atoms with Crippen molar-refractivity contribution < 1.29 is 13.9 Å². The van der Waals surface area contributed by atoms with E-state index < -0.39 is 5.82 Å². The number of fused-ring (bicyclic) bond motifs is 1. The maximum atomic E-state index is 13.8. The second-order valence-electron chi connectivity index (χ2n) is 6.77. The molecule has 1 fully saturated rings. The number of aromatic nitrogens is 4. The number of carbonyl (C=O) groups excluding carboxylic acids is 1. The van der Waals surface area contributed by atoms with E-state index in [9.17, 15) is 14.0 Å². The molecule has 9 heteroatoms. The van der Waals surface area contributed by atoms with Gasteiger partial charge in [0.25, 0.3) is 5.56 Å². The number of nitrogens with zero attached hydrogens (tertiary/aromatic N) is 5. The number of hydrogen-bond acceptors (Lipinski definition) is 5. The zero-order valence-electron chi connectivity index (χ0n) is 15.4. The number of amides is 1. The Bertz CT molecular complexity index is 1070. The minimum atomic E-state index is -0.419. The third kappa shape index (κ3) is 3.40. The third-order valence-corrected chi connectivity index (χ3v) is 4.93. The summed E-state index contributed by atoms with van der Waals surface area (Å²) in [5, 5.41) is 4.38. The highest BCUT2D eigenvalue weighted by atomic mass is 19.1. The Morgan fingerprint density at radius 1 is 1.36 bits per heavy atom. The van der Waals surface area contributed by atoms with E-state index >= 15 is 0 Å². The van der Waals surface area contributed by atoms with E-state index in [1.54, 1.807) is 24.1 Å². The number of hydrogen-bond donors (Lipinski definition) is 0. The van der Waals surface area contributed by atoms with E-state index in [4.69, 9.17) is 4.74 Å². The first-order valence-electron chi connectivity index (χ1n) is 9.07. The molecule has 3 heterocycles. The molecule has 0 spiro atoms. The van der Waals surface area contributed by atoms with Gasteiger partial charge in [-0.2, -0.15) is 5.10 Å². The minimum Gasteiger partial charge on any atom is -0.381 e. The molecule has 4 rings (SSSR count). The third-order valence-electron chi connectivity index (χ3n) is 4.93. The van der Waals surface area contributed by atoms with Crippen molar-refractivity contribution in [3.63, 3.8) is 0 Å². The monoisotopic (exact) mass is 385 g/mol. The number of benzene rings is 1. The van der Waals surface area contributed by atoms with Gasteiger partial charge in [0, 0.05) is 32.0 Å². The van der Waals surface area contributed by atoms with Crippen molar-refractivity contribution in [3.05, 3.63) is 53.0 Å². The molecule has 0 unspecified atom stereocenters. The maximum Gasteiger partial charge on any atom is 0.264 e. The van der Waals surface area contributed by atoms with Gasteiger partial charge in [-0.05, 0) is 31.0 Å². The van der Waals surface area contributed by atoms with Gasteiger partial charge in [0.2, 0.25) is 5.91 Å². The lowest BCUT2D eigenvalue weighted by molar-refractivity contribution is -0.120. The van der Waals surface area contributed by atoms with Crippen LogP contribution >= 0.6 is 0 Å². The van der Waals surface area contributed by atoms with Crippen LogP contribution in [0.15, 0.2) is 41.6 Å². The molecule has 1 aliphatic heterocycles. The highest BCUT2D eigenvalue weighted by Gasteiger charge is 2.28. The van der Waals surface area contributed by atoms with Crippen LogP contribution in [0.5, 0.6) is 0 Å². The summed E-state index contributed by atoms with van der Waals surface area (Å²) in [6.45, 7) is 0.879. The smallest absolute Gasteiger partial charge is 0.264 e. The predicted molar refractivity (Wildman–Crippen MR) is 100 cm³/mol. The number of rotatable bonds is 4. The summed E-state index contributed by atoms with van der Waals surface area (Å²) in [6, 6.07) is 5.81. The Kier molecular flexibility index (Phi) is 4.91. The van der Waals surface area contributed by atoms with Crippen LogP contribution in [-0.2, 0) is 23.1 Å². The van der Waals surface area contributed by atoms with Gasteiger partial charge in [-0.1, -0.05) is 6.07 Å². The normalized spacial score (nSPS) is 15.1. The Morgan fingerprint density at radius 3 is 2.89 bits per heavy atom. The highest BCUT2D eigenvalue weighted by molar-refractivity contribution is 5.94. The second kappa shape index (κ2) is 7.51. The SMILES string of the molecule is Cn1ncc2c(=O)n(CC(=O)N(c3cccc(F)c3)C3CCOCC3)cnc21. The minimum absolute atomic E-state index is 0.117. The van der Waals surface area contributed by atoms with Gasteiger partial charge < -0.3 is 9.64 Å². The van der Waals surface area contributed by atoms with Crippen molar-refractivity contribution in [2.75, 3.05) is 18.1 Å². The van der Waals surface area contributed by atoms with E-state index in [0.29, 0.717) is 42.8 Å². The van der Waals surface area contributed by atoms with Crippen LogP contribution in [0.3, 0.4) is 0 Å². The molecular weight excluding hydrogens is 365 g/mol. The lowest BCUT2D eigenvalue weighted by Gasteiger charge is -2.34. The van der Waals surface area contributed by atoms with Crippen LogP contribution < -0.4 is 10.5 Å². The van der Waals surface area contributed by atoms with Gasteiger partial charge in [-0.25, -0.2) is 9.37 Å². The molecule has 1 saturated heterocycles. The number of ether oxygens (including phenoxy) is 1. The summed E-state index contributed by atoms with van der Waals surface area (Å²) >= 11 is 0. The molecule has 0 saturated carbocycles. The molecule has 2 aromatic heterocycles. The highest BCUT2D eigenvalue weighted by Crippen LogP contribution is 2.24. The van der Waals surface area contributed by atoms with E-state index in [2.05, 4.69) is 10.1 Å². The molecule has 28 heavy (non-hydrogen) atoms. The Morgan fingerprint density at radius 2 is 2.14 bits per heavy atom. The fourth-order valence-electron chi connectivity index (χ4n) is 3.53. The Hall–Kier alpha value is -3.07. The zero-order chi connectivity index (χ0) is 19.7. The largest absolute Gasteiger partial charge is 0.381 e. The number of aryl methyl sites for hydroxylation is 1. The quantitative estimate of drug-likeness (QED) is 0.680. The molecule has 3 aromatic rings. The van der Waals surface area contributed by atoms with Crippen molar-refractivity contribution in [2.24, 2.45) is 7.05 Å². The molecule has 1 aromatic carbocycles. The summed E-state index contributed by atoms with van der Waals surface area (Å²) in [7, 11) is 1.70. The molecular formula is C19H20FN5O3. The average Bonchev–Trinajstić information content (AvgIpc) is 3.07. The summed E-state index contributed by atoms with van der Waals surface area (Å²) in [5.74, 6) is -0.720. The first-order valence-corrected chi connectivity index (χ1v) is 9.07. The lowest BCUT2D eigenvalue weighted by Crippen LogP contribution is -2.46. The van der Waals surface area contributed by atoms with E-state index in [-0.39, 0.29) is 24.1 Å². The molecule has 0 radical (unpaired) electrons. The van der Waals surface area contributed by atoms with Crippen LogP contribution in [0.25, 0.3) is 11.0 Å². The zero-order valence-corrected chi connectivity index (χ0v) is 15.4. The van der Waals surface area contributed by atoms with Crippen molar-refractivity contribution in [2.45, 2.75) is 25.4 Å². The van der Waals surface area contributed by atoms with Crippen LogP contribution in [0.2, 0.25) is 0 Å². The Labute approximate surface area is 160 Å². The van der Waals surface area contributed by atoms with Crippen molar-refractivity contribution in [3.8, 4) is 0 Å². The molecule has 146 valence electrons. The van der Waals surface area contributed by atoms with Gasteiger partial charge >= 0.3 is 0 Å². The van der Waals surface area contributed by atoms with Gasteiger partial charge in [0.05, 0.1) is 6.20 Å². The topological polar surface area (TPSA) is 82.2 Å². The first kappa shape index (κ1) is 18.3. The van der Waals surface area contributed by atoms with Crippen molar-refractivity contribution in [1.82, 2.24) is 19.3 Å². The number of anilines is 1. The average molecular weight is 385 g/mol. The standard InChI is InChI=1S/C19H20FN5O3/c1-23-18-16(10-22-23)19(27)24(12-21-18)11-17(26)25(14-5-7-28-8-6-14)15-4-2-3-13(20)9-15/h2-4,9-10,12,14H,5-8,11H2,1H3. The summed E-state index contributed by atoms with van der Waals surface area (Å²) in [5.41, 5.74) is 0.595. The van der Waals surface area contributed by atoms with Crippen LogP contribution in [0, 0.1) is 5.82 Å². The van der Waals surface area contributed by atoms with Crippen molar-refractivity contribution in [1.29, 1.82) is 0 Å². The molecule has 1 aliphatic rings. The molecule has 0 atom stereocenters. The second-order valence-corrected chi connectivity index (χ2v) is 6.77. The van der Waals surface area contributed by atoms with E-state index in [0.717, 1.165) is 0 Å². The number of halogens is 1. The fraction of sp³-hybridized carbons (Fsp3) is 0.368. The predicted octanol–water partition coefficient (Wildman–Crippen LogP) is 1.48. The molecule has 0 aliphatic carbocycles. The fourth-order valence-corrected chi connectivity index (χ4v) is 3.53. The summed E-state index contributed by atoms with van der Waals surface area (Å²) in [6.07, 6.45) is 4.08. The number of carbonyl (C=O) groups is 1. The molecule has 8 nitrogen and oxygen atoms in total. The van der Waals surface area contributed by atoms with Gasteiger partial charge in [-0.15, -0.1) is 0 Å². The van der Waals surface area contributed by atoms with E-state index in [1.165, 1.54) is 33.9 Å².